The van der Waals surface area contributed by atoms with E-state index in [1.807, 2.05) is 4.90 Å². The Morgan fingerprint density at radius 3 is 2.48 bits per heavy atom. The molecule has 2 fully saturated rings. The van der Waals surface area contributed by atoms with Crippen molar-refractivity contribution in [3.63, 3.8) is 0 Å². The highest BCUT2D eigenvalue weighted by molar-refractivity contribution is 5.82. The Kier molecular flexibility index (Phi) is 5.28. The fourth-order valence-electron chi connectivity index (χ4n) is 3.65. The zero-order valence-corrected chi connectivity index (χ0v) is 13.4. The molecule has 0 saturated carbocycles. The summed E-state index contributed by atoms with van der Waals surface area (Å²) >= 11 is 0. The number of nitrogens with zero attached hydrogens (tertiary/aromatic N) is 1. The molecular formula is C18H25FN2O2. The van der Waals surface area contributed by atoms with Crippen molar-refractivity contribution in [1.82, 2.24) is 10.2 Å². The van der Waals surface area contributed by atoms with Crippen LogP contribution < -0.4 is 5.32 Å². The molecule has 3 rings (SSSR count). The molecule has 0 aromatic heterocycles. The average molecular weight is 320 g/mol. The topological polar surface area (TPSA) is 52.6 Å². The molecule has 4 nitrogen and oxygen atoms in total. The maximum absolute atomic E-state index is 13.0. The lowest BCUT2D eigenvalue weighted by molar-refractivity contribution is -0.136. The van der Waals surface area contributed by atoms with Crippen LogP contribution in [-0.2, 0) is 4.79 Å². The number of benzene rings is 1. The molecule has 2 aliphatic heterocycles. The van der Waals surface area contributed by atoms with E-state index in [1.54, 1.807) is 12.1 Å². The van der Waals surface area contributed by atoms with Gasteiger partial charge in [0.2, 0.25) is 5.91 Å². The second-order valence-corrected chi connectivity index (χ2v) is 6.66. The molecule has 2 saturated heterocycles. The van der Waals surface area contributed by atoms with Crippen LogP contribution in [0.2, 0.25) is 0 Å². The number of carbonyl (C=O) groups is 1. The molecule has 1 aromatic rings. The maximum Gasteiger partial charge on any atom is 0.239 e. The zero-order chi connectivity index (χ0) is 16.2. The summed E-state index contributed by atoms with van der Waals surface area (Å²) in [5.74, 6) is 0.0459. The van der Waals surface area contributed by atoms with Gasteiger partial charge in [-0.05, 0) is 55.8 Å². The van der Waals surface area contributed by atoms with Crippen LogP contribution in [0.15, 0.2) is 24.3 Å². The highest BCUT2D eigenvalue weighted by atomic mass is 19.1. The van der Waals surface area contributed by atoms with E-state index in [9.17, 15) is 14.3 Å². The van der Waals surface area contributed by atoms with Crippen LogP contribution in [0.1, 0.15) is 43.8 Å². The molecule has 23 heavy (non-hydrogen) atoms. The Labute approximate surface area is 136 Å². The Morgan fingerprint density at radius 2 is 1.87 bits per heavy atom. The molecule has 2 heterocycles. The van der Waals surface area contributed by atoms with E-state index in [4.69, 9.17) is 0 Å². The number of nitrogens with one attached hydrogen (secondary N) is 1. The van der Waals surface area contributed by atoms with E-state index in [2.05, 4.69) is 5.32 Å². The highest BCUT2D eigenvalue weighted by Crippen LogP contribution is 2.31. The number of amides is 1. The number of aliphatic hydroxyl groups is 1. The number of hydrogen-bond donors (Lipinski definition) is 2. The minimum absolute atomic E-state index is 0.0256. The summed E-state index contributed by atoms with van der Waals surface area (Å²) in [5.41, 5.74) is 0.755. The van der Waals surface area contributed by atoms with Crippen LogP contribution >= 0.6 is 0 Å². The predicted molar refractivity (Wildman–Crippen MR) is 86.3 cm³/mol. The lowest BCUT2D eigenvalue weighted by atomic mass is 9.87. The average Bonchev–Trinajstić information content (AvgIpc) is 2.62. The van der Waals surface area contributed by atoms with Gasteiger partial charge in [0.25, 0.3) is 0 Å². The first kappa shape index (κ1) is 16.4. The molecular weight excluding hydrogens is 295 g/mol. The number of hydrogen-bond acceptors (Lipinski definition) is 3. The largest absolute Gasteiger partial charge is 0.388 e. The number of piperidine rings is 2. The number of rotatable bonds is 3. The van der Waals surface area contributed by atoms with Crippen LogP contribution in [0.4, 0.5) is 4.39 Å². The molecule has 0 aliphatic carbocycles. The van der Waals surface area contributed by atoms with Crippen molar-refractivity contribution >= 4 is 5.91 Å². The van der Waals surface area contributed by atoms with Crippen molar-refractivity contribution in [3.05, 3.63) is 35.6 Å². The summed E-state index contributed by atoms with van der Waals surface area (Å²) < 4.78 is 13.0. The standard InChI is InChI=1S/C18H25FN2O2/c19-15-6-4-13(5-7-15)17(22)14-8-11-21(12-9-14)18(23)16-3-1-2-10-20-16/h4-7,14,16-17,20,22H,1-3,8-12H2/t16-,17+/m0/s1. The molecule has 2 N–H and O–H groups in total. The van der Waals surface area contributed by atoms with Crippen molar-refractivity contribution < 1.29 is 14.3 Å². The van der Waals surface area contributed by atoms with Crippen LogP contribution in [-0.4, -0.2) is 41.6 Å². The second kappa shape index (κ2) is 7.41. The van der Waals surface area contributed by atoms with Gasteiger partial charge in [-0.15, -0.1) is 0 Å². The van der Waals surface area contributed by atoms with Crippen LogP contribution in [0, 0.1) is 11.7 Å². The minimum atomic E-state index is -0.583. The van der Waals surface area contributed by atoms with Gasteiger partial charge in [0.15, 0.2) is 0 Å². The fourth-order valence-corrected chi connectivity index (χ4v) is 3.65. The lowest BCUT2D eigenvalue weighted by Crippen LogP contribution is -2.51. The van der Waals surface area contributed by atoms with E-state index in [-0.39, 0.29) is 23.7 Å². The number of aliphatic hydroxyl groups excluding tert-OH is 1. The Morgan fingerprint density at radius 1 is 1.17 bits per heavy atom. The van der Waals surface area contributed by atoms with E-state index in [0.717, 1.165) is 44.2 Å². The molecule has 2 aliphatic rings. The third-order valence-electron chi connectivity index (χ3n) is 5.12. The summed E-state index contributed by atoms with van der Waals surface area (Å²) in [4.78, 5) is 14.4. The number of carbonyl (C=O) groups excluding carboxylic acids is 1. The molecule has 1 aromatic carbocycles. The summed E-state index contributed by atoms with van der Waals surface area (Å²) in [7, 11) is 0. The lowest BCUT2D eigenvalue weighted by Gasteiger charge is -2.37. The van der Waals surface area contributed by atoms with Crippen molar-refractivity contribution in [1.29, 1.82) is 0 Å². The minimum Gasteiger partial charge on any atom is -0.388 e. The maximum atomic E-state index is 13.0. The smallest absolute Gasteiger partial charge is 0.239 e. The van der Waals surface area contributed by atoms with Crippen molar-refractivity contribution in [2.75, 3.05) is 19.6 Å². The Hall–Kier alpha value is -1.46. The predicted octanol–water partition coefficient (Wildman–Crippen LogP) is 2.24. The zero-order valence-electron chi connectivity index (χ0n) is 13.4. The van der Waals surface area contributed by atoms with Gasteiger partial charge in [-0.25, -0.2) is 4.39 Å². The second-order valence-electron chi connectivity index (χ2n) is 6.66. The summed E-state index contributed by atoms with van der Waals surface area (Å²) in [6.07, 6.45) is 4.18. The molecule has 5 heteroatoms. The molecule has 0 unspecified atom stereocenters. The summed E-state index contributed by atoms with van der Waals surface area (Å²) in [6.45, 7) is 2.32. The number of halogens is 1. The quantitative estimate of drug-likeness (QED) is 0.898. The van der Waals surface area contributed by atoms with Gasteiger partial charge in [-0.3, -0.25) is 4.79 Å². The number of likely N-dealkylation sites (tertiary alicyclic amines) is 1. The highest BCUT2D eigenvalue weighted by Gasteiger charge is 2.31. The van der Waals surface area contributed by atoms with Crippen molar-refractivity contribution in [2.45, 2.75) is 44.2 Å². The van der Waals surface area contributed by atoms with Crippen LogP contribution in [0.3, 0.4) is 0 Å². The van der Waals surface area contributed by atoms with Crippen molar-refractivity contribution in [3.8, 4) is 0 Å². The van der Waals surface area contributed by atoms with Crippen molar-refractivity contribution in [2.24, 2.45) is 5.92 Å². The van der Waals surface area contributed by atoms with E-state index >= 15 is 0 Å². The van der Waals surface area contributed by atoms with Gasteiger partial charge >= 0.3 is 0 Å². The SMILES string of the molecule is O=C([C@@H]1CCCCN1)N1CCC([C@H](O)c2ccc(F)cc2)CC1. The first-order chi connectivity index (χ1) is 11.1. The molecule has 2 atom stereocenters. The molecule has 1 amide bonds. The van der Waals surface area contributed by atoms with Gasteiger partial charge in [0.05, 0.1) is 12.1 Å². The monoisotopic (exact) mass is 320 g/mol. The fraction of sp³-hybridized carbons (Fsp3) is 0.611. The van der Waals surface area contributed by atoms with Gasteiger partial charge in [0, 0.05) is 13.1 Å². The van der Waals surface area contributed by atoms with E-state index < -0.39 is 6.10 Å². The third-order valence-corrected chi connectivity index (χ3v) is 5.12. The van der Waals surface area contributed by atoms with Crippen LogP contribution in [0.5, 0.6) is 0 Å². The van der Waals surface area contributed by atoms with Gasteiger partial charge in [-0.1, -0.05) is 18.6 Å². The normalized spacial score (nSPS) is 24.4. The molecule has 0 spiro atoms. The van der Waals surface area contributed by atoms with Gasteiger partial charge in [-0.2, -0.15) is 0 Å². The molecule has 0 bridgehead atoms. The Balaban J connectivity index is 1.53. The summed E-state index contributed by atoms with van der Waals surface area (Å²) in [5, 5.41) is 13.8. The van der Waals surface area contributed by atoms with Gasteiger partial charge in [0.1, 0.15) is 5.82 Å². The first-order valence-corrected chi connectivity index (χ1v) is 8.61. The summed E-state index contributed by atoms with van der Waals surface area (Å²) in [6, 6.07) is 6.02. The molecule has 126 valence electrons. The van der Waals surface area contributed by atoms with E-state index in [0.29, 0.717) is 13.1 Å². The Bertz CT molecular complexity index is 520. The van der Waals surface area contributed by atoms with Crippen LogP contribution in [0.25, 0.3) is 0 Å². The third kappa shape index (κ3) is 3.90. The first-order valence-electron chi connectivity index (χ1n) is 8.61. The van der Waals surface area contributed by atoms with E-state index in [1.165, 1.54) is 12.1 Å². The van der Waals surface area contributed by atoms with Gasteiger partial charge < -0.3 is 15.3 Å². The molecule has 0 radical (unpaired) electrons.